The van der Waals surface area contributed by atoms with Gasteiger partial charge < -0.3 is 10.4 Å². The third kappa shape index (κ3) is 5.30. The highest BCUT2D eigenvalue weighted by Gasteiger charge is 2.45. The monoisotopic (exact) mass is 261 g/mol. The molecule has 1 atom stereocenters. The van der Waals surface area contributed by atoms with E-state index < -0.39 is 16.8 Å². The predicted octanol–water partition coefficient (Wildman–Crippen LogP) is 0.516. The fourth-order valence-electron chi connectivity index (χ4n) is 1.72. The van der Waals surface area contributed by atoms with Crippen molar-refractivity contribution >= 4 is 22.7 Å². The quantitative estimate of drug-likeness (QED) is 0.667. The van der Waals surface area contributed by atoms with Gasteiger partial charge in [0, 0.05) is 23.1 Å². The first-order chi connectivity index (χ1) is 7.97. The molecule has 5 nitrogen and oxygen atoms in total. The summed E-state index contributed by atoms with van der Waals surface area (Å²) in [7, 11) is -1.25. The Morgan fingerprint density at radius 1 is 1.41 bits per heavy atom. The summed E-state index contributed by atoms with van der Waals surface area (Å²) in [5.41, 5.74) is -0.304. The Balaban J connectivity index is 2.30. The largest absolute Gasteiger partial charge is 0.481 e. The summed E-state index contributed by atoms with van der Waals surface area (Å²) in [4.78, 5) is 21.9. The van der Waals surface area contributed by atoms with E-state index in [0.717, 1.165) is 19.3 Å². The molecule has 6 heteroatoms. The first-order valence-corrected chi connectivity index (χ1v) is 7.30. The molecule has 0 spiro atoms. The van der Waals surface area contributed by atoms with Gasteiger partial charge >= 0.3 is 5.97 Å². The van der Waals surface area contributed by atoms with Gasteiger partial charge in [-0.25, -0.2) is 0 Å². The van der Waals surface area contributed by atoms with E-state index in [1.165, 1.54) is 0 Å². The molecule has 0 aromatic carbocycles. The number of amides is 1. The number of carbonyl (C=O) groups excluding carboxylic acids is 1. The molecule has 1 rings (SSSR count). The summed E-state index contributed by atoms with van der Waals surface area (Å²) in [5, 5.41) is 11.4. The maximum atomic E-state index is 11.7. The van der Waals surface area contributed by atoms with E-state index in [1.54, 1.807) is 0 Å². The van der Waals surface area contributed by atoms with Crippen LogP contribution < -0.4 is 5.32 Å². The van der Waals surface area contributed by atoms with Crippen molar-refractivity contribution in [2.75, 3.05) is 18.1 Å². The first kappa shape index (κ1) is 14.2. The SMILES string of the molecule is CCCNC(=O)CS(=O)CC1(CC(=O)O)CC1. The summed E-state index contributed by atoms with van der Waals surface area (Å²) in [6, 6.07) is 0. The molecule has 1 aliphatic carbocycles. The molecule has 1 unspecified atom stereocenters. The van der Waals surface area contributed by atoms with Crippen molar-refractivity contribution in [1.82, 2.24) is 5.32 Å². The van der Waals surface area contributed by atoms with Crippen molar-refractivity contribution in [3.8, 4) is 0 Å². The van der Waals surface area contributed by atoms with Crippen LogP contribution in [0.4, 0.5) is 0 Å². The van der Waals surface area contributed by atoms with E-state index in [0.29, 0.717) is 12.3 Å². The predicted molar refractivity (Wildman–Crippen MR) is 65.1 cm³/mol. The van der Waals surface area contributed by atoms with Gasteiger partial charge in [-0.1, -0.05) is 6.92 Å². The van der Waals surface area contributed by atoms with Crippen LogP contribution >= 0.6 is 0 Å². The highest BCUT2D eigenvalue weighted by Crippen LogP contribution is 2.49. The molecule has 0 aromatic heterocycles. The maximum Gasteiger partial charge on any atom is 0.303 e. The van der Waals surface area contributed by atoms with Gasteiger partial charge in [-0.15, -0.1) is 0 Å². The lowest BCUT2D eigenvalue weighted by Gasteiger charge is -2.11. The highest BCUT2D eigenvalue weighted by atomic mass is 32.2. The third-order valence-electron chi connectivity index (χ3n) is 2.81. The van der Waals surface area contributed by atoms with Gasteiger partial charge in [0.1, 0.15) is 5.75 Å². The van der Waals surface area contributed by atoms with E-state index in [1.807, 2.05) is 6.92 Å². The van der Waals surface area contributed by atoms with Crippen LogP contribution in [0.5, 0.6) is 0 Å². The van der Waals surface area contributed by atoms with E-state index in [4.69, 9.17) is 5.11 Å². The molecule has 0 heterocycles. The fourth-order valence-corrected chi connectivity index (χ4v) is 3.29. The summed E-state index contributed by atoms with van der Waals surface area (Å²) in [6.07, 6.45) is 2.53. The maximum absolute atomic E-state index is 11.7. The van der Waals surface area contributed by atoms with Crippen LogP contribution in [0.15, 0.2) is 0 Å². The molecule has 0 aromatic rings. The van der Waals surface area contributed by atoms with Gasteiger partial charge in [0.05, 0.1) is 6.42 Å². The Hall–Kier alpha value is -0.910. The van der Waals surface area contributed by atoms with Crippen LogP contribution in [0.2, 0.25) is 0 Å². The number of aliphatic carboxylic acids is 1. The van der Waals surface area contributed by atoms with Gasteiger partial charge in [-0.3, -0.25) is 13.8 Å². The second-order valence-electron chi connectivity index (χ2n) is 4.65. The van der Waals surface area contributed by atoms with Crippen molar-refractivity contribution in [1.29, 1.82) is 0 Å². The van der Waals surface area contributed by atoms with E-state index in [9.17, 15) is 13.8 Å². The highest BCUT2D eigenvalue weighted by molar-refractivity contribution is 7.85. The van der Waals surface area contributed by atoms with E-state index in [2.05, 4.69) is 5.32 Å². The minimum atomic E-state index is -1.25. The third-order valence-corrected chi connectivity index (χ3v) is 4.33. The Kier molecular flexibility index (Phi) is 5.11. The molecule has 1 fully saturated rings. The minimum Gasteiger partial charge on any atom is -0.481 e. The van der Waals surface area contributed by atoms with Crippen LogP contribution in [0, 0.1) is 5.41 Å². The number of nitrogens with one attached hydrogen (secondary N) is 1. The van der Waals surface area contributed by atoms with E-state index in [-0.39, 0.29) is 23.5 Å². The fraction of sp³-hybridized carbons (Fsp3) is 0.818. The molecule has 2 N–H and O–H groups in total. The Morgan fingerprint density at radius 2 is 2.06 bits per heavy atom. The summed E-state index contributed by atoms with van der Waals surface area (Å²) < 4.78 is 11.7. The first-order valence-electron chi connectivity index (χ1n) is 5.81. The number of carboxylic acid groups (broad SMARTS) is 1. The lowest BCUT2D eigenvalue weighted by molar-refractivity contribution is -0.138. The molecule has 0 aliphatic heterocycles. The van der Waals surface area contributed by atoms with Crippen molar-refractivity contribution < 1.29 is 18.9 Å². The zero-order valence-electron chi connectivity index (χ0n) is 10.0. The molecule has 0 radical (unpaired) electrons. The van der Waals surface area contributed by atoms with Gasteiger partial charge in [0.2, 0.25) is 5.91 Å². The lowest BCUT2D eigenvalue weighted by Crippen LogP contribution is -2.31. The standard InChI is InChI=1S/C11H19NO4S/c1-2-5-12-9(13)7-17(16)8-11(3-4-11)6-10(14)15/h2-8H2,1H3,(H,12,13)(H,14,15). The van der Waals surface area contributed by atoms with Gasteiger partial charge in [0.15, 0.2) is 0 Å². The van der Waals surface area contributed by atoms with Crippen LogP contribution in [0.3, 0.4) is 0 Å². The van der Waals surface area contributed by atoms with Crippen molar-refractivity contribution in [2.24, 2.45) is 5.41 Å². The van der Waals surface area contributed by atoms with Gasteiger partial charge in [0.25, 0.3) is 0 Å². The molecule has 17 heavy (non-hydrogen) atoms. The number of rotatable bonds is 8. The number of hydrogen-bond acceptors (Lipinski definition) is 3. The summed E-state index contributed by atoms with van der Waals surface area (Å²) >= 11 is 0. The summed E-state index contributed by atoms with van der Waals surface area (Å²) in [6.45, 7) is 2.54. The zero-order valence-corrected chi connectivity index (χ0v) is 10.8. The molecule has 1 saturated carbocycles. The molecular formula is C11H19NO4S. The average molecular weight is 261 g/mol. The van der Waals surface area contributed by atoms with E-state index >= 15 is 0 Å². The minimum absolute atomic E-state index is 0.0125. The summed E-state index contributed by atoms with van der Waals surface area (Å²) in [5.74, 6) is -0.744. The smallest absolute Gasteiger partial charge is 0.303 e. The topological polar surface area (TPSA) is 83.5 Å². The normalized spacial score (nSPS) is 18.4. The molecule has 98 valence electrons. The van der Waals surface area contributed by atoms with Crippen LogP contribution in [0.25, 0.3) is 0 Å². The molecule has 0 saturated heterocycles. The second-order valence-corrected chi connectivity index (χ2v) is 6.11. The number of carboxylic acids is 1. The lowest BCUT2D eigenvalue weighted by atomic mass is 10.1. The van der Waals surface area contributed by atoms with Crippen molar-refractivity contribution in [3.63, 3.8) is 0 Å². The number of hydrogen-bond donors (Lipinski definition) is 2. The molecule has 1 amide bonds. The number of carbonyl (C=O) groups is 2. The van der Waals surface area contributed by atoms with Crippen molar-refractivity contribution in [3.05, 3.63) is 0 Å². The van der Waals surface area contributed by atoms with Crippen LogP contribution in [0.1, 0.15) is 32.6 Å². The van der Waals surface area contributed by atoms with Gasteiger partial charge in [-0.2, -0.15) is 0 Å². The molecule has 0 bridgehead atoms. The van der Waals surface area contributed by atoms with Crippen molar-refractivity contribution in [2.45, 2.75) is 32.6 Å². The second kappa shape index (κ2) is 6.14. The zero-order chi connectivity index (χ0) is 12.9. The Labute approximate surface area is 103 Å². The Bertz CT molecular complexity index is 325. The Morgan fingerprint density at radius 3 is 2.53 bits per heavy atom. The van der Waals surface area contributed by atoms with Crippen LogP contribution in [-0.4, -0.2) is 39.2 Å². The van der Waals surface area contributed by atoms with Gasteiger partial charge in [-0.05, 0) is 24.7 Å². The average Bonchev–Trinajstić information content (AvgIpc) is 2.92. The van der Waals surface area contributed by atoms with Crippen LogP contribution in [-0.2, 0) is 20.4 Å². The molecular weight excluding hydrogens is 242 g/mol. The molecule has 1 aliphatic rings.